The molecule has 1 aromatic rings. The molecule has 5 N–H and O–H groups in total. The Morgan fingerprint density at radius 3 is 3.05 bits per heavy atom. The van der Waals surface area contributed by atoms with Gasteiger partial charge in [0.1, 0.15) is 0 Å². The summed E-state index contributed by atoms with van der Waals surface area (Å²) in [5.74, 6) is 0.321. The van der Waals surface area contributed by atoms with E-state index in [9.17, 15) is 0 Å². The van der Waals surface area contributed by atoms with Crippen molar-refractivity contribution in [2.75, 3.05) is 5.32 Å². The average Bonchev–Trinajstić information content (AvgIpc) is 2.79. The van der Waals surface area contributed by atoms with E-state index >= 15 is 0 Å². The van der Waals surface area contributed by atoms with Crippen LogP contribution in [0.15, 0.2) is 0 Å². The van der Waals surface area contributed by atoms with Crippen molar-refractivity contribution < 1.29 is 9.90 Å². The van der Waals surface area contributed by atoms with Gasteiger partial charge in [0.25, 0.3) is 6.47 Å². The number of hydrogen-bond donors (Lipinski definition) is 4. The molecule has 8 heteroatoms. The third-order valence-electron chi connectivity index (χ3n) is 2.92. The number of aromatic nitrogens is 1. The van der Waals surface area contributed by atoms with E-state index in [1.807, 2.05) is 0 Å². The number of nitriles is 1. The minimum absolute atomic E-state index is 0.0790. The van der Waals surface area contributed by atoms with E-state index in [0.717, 1.165) is 31.4 Å². The van der Waals surface area contributed by atoms with Gasteiger partial charge >= 0.3 is 0 Å². The van der Waals surface area contributed by atoms with Crippen LogP contribution in [0.5, 0.6) is 0 Å². The Bertz CT molecular complexity index is 508. The lowest BCUT2D eigenvalue weighted by Crippen LogP contribution is -2.20. The van der Waals surface area contributed by atoms with Crippen LogP contribution in [0.4, 0.5) is 5.13 Å². The predicted octanol–water partition coefficient (Wildman–Crippen LogP) is 1.87. The summed E-state index contributed by atoms with van der Waals surface area (Å²) in [6.45, 7) is -0.250. The number of fused-ring (bicyclic) bond motifs is 1. The number of guanidine groups is 1. The van der Waals surface area contributed by atoms with Gasteiger partial charge in [-0.1, -0.05) is 0 Å². The van der Waals surface area contributed by atoms with Gasteiger partial charge in [0.2, 0.25) is 0 Å². The highest BCUT2D eigenvalue weighted by molar-refractivity contribution is 7.15. The summed E-state index contributed by atoms with van der Waals surface area (Å²) in [7, 11) is 0. The summed E-state index contributed by atoms with van der Waals surface area (Å²) in [4.78, 5) is 14.1. The van der Waals surface area contributed by atoms with Crippen LogP contribution in [0.2, 0.25) is 0 Å². The van der Waals surface area contributed by atoms with Gasteiger partial charge in [-0.3, -0.25) is 10.2 Å². The number of thiazole rings is 1. The van der Waals surface area contributed by atoms with Crippen molar-refractivity contribution in [2.24, 2.45) is 5.73 Å². The summed E-state index contributed by atoms with van der Waals surface area (Å²) in [5.41, 5.74) is 6.40. The van der Waals surface area contributed by atoms with Gasteiger partial charge < -0.3 is 16.2 Å². The van der Waals surface area contributed by atoms with Gasteiger partial charge in [-0.05, 0) is 25.7 Å². The van der Waals surface area contributed by atoms with Crippen molar-refractivity contribution in [1.82, 2.24) is 4.98 Å². The molecule has 0 bridgehead atoms. The van der Waals surface area contributed by atoms with Gasteiger partial charge in [0, 0.05) is 17.2 Å². The quantitative estimate of drug-likeness (QED) is 0.382. The highest BCUT2D eigenvalue weighted by atomic mass is 32.1. The SMILES string of the molecule is N#CCCC1CCCc2sc(NC(=N)N)nc21.O=CO. The second-order valence-electron chi connectivity index (χ2n) is 4.26. The minimum atomic E-state index is -0.250. The zero-order chi connectivity index (χ0) is 15.0. The number of nitrogens with zero attached hydrogens (tertiary/aromatic N) is 2. The third-order valence-corrected chi connectivity index (χ3v) is 3.96. The average molecular weight is 295 g/mol. The van der Waals surface area contributed by atoms with Crippen molar-refractivity contribution in [3.8, 4) is 6.07 Å². The van der Waals surface area contributed by atoms with E-state index in [2.05, 4.69) is 16.4 Å². The molecule has 1 aliphatic rings. The first-order chi connectivity index (χ1) is 9.62. The summed E-state index contributed by atoms with van der Waals surface area (Å²) in [6, 6.07) is 2.19. The molecule has 0 aliphatic heterocycles. The Balaban J connectivity index is 0.000000612. The maximum absolute atomic E-state index is 8.64. The van der Waals surface area contributed by atoms with Crippen LogP contribution in [0.1, 0.15) is 42.2 Å². The lowest BCUT2D eigenvalue weighted by Gasteiger charge is -2.19. The lowest BCUT2D eigenvalue weighted by molar-refractivity contribution is -0.122. The van der Waals surface area contributed by atoms with Crippen molar-refractivity contribution in [2.45, 2.75) is 38.0 Å². The first kappa shape index (κ1) is 15.9. The highest BCUT2D eigenvalue weighted by Gasteiger charge is 2.24. The molecule has 2 rings (SSSR count). The smallest absolute Gasteiger partial charge is 0.290 e. The fraction of sp³-hybridized carbons (Fsp3) is 0.500. The number of aryl methyl sites for hydroxylation is 1. The molecular weight excluding hydrogens is 278 g/mol. The minimum Gasteiger partial charge on any atom is -0.483 e. The molecule has 0 saturated carbocycles. The molecule has 0 spiro atoms. The molecule has 0 saturated heterocycles. The molecule has 0 amide bonds. The molecule has 7 nitrogen and oxygen atoms in total. The Hall–Kier alpha value is -2.14. The van der Waals surface area contributed by atoms with E-state index in [4.69, 9.17) is 26.3 Å². The van der Waals surface area contributed by atoms with Crippen LogP contribution in [0.3, 0.4) is 0 Å². The van der Waals surface area contributed by atoms with Crippen LogP contribution in [0.25, 0.3) is 0 Å². The Morgan fingerprint density at radius 2 is 2.45 bits per heavy atom. The first-order valence-corrected chi connectivity index (χ1v) is 6.99. The van der Waals surface area contributed by atoms with Crippen molar-refractivity contribution in [3.63, 3.8) is 0 Å². The molecule has 1 heterocycles. The Kier molecular flexibility index (Phi) is 6.46. The van der Waals surface area contributed by atoms with Crippen LogP contribution in [0, 0.1) is 16.7 Å². The maximum atomic E-state index is 8.64. The van der Waals surface area contributed by atoms with Gasteiger partial charge in [0.05, 0.1) is 11.8 Å². The topological polar surface area (TPSA) is 136 Å². The second kappa shape index (κ2) is 8.12. The Labute approximate surface area is 120 Å². The largest absolute Gasteiger partial charge is 0.483 e. The molecule has 0 fully saturated rings. The highest BCUT2D eigenvalue weighted by Crippen LogP contribution is 2.38. The van der Waals surface area contributed by atoms with E-state index in [1.54, 1.807) is 11.3 Å². The molecule has 1 atom stereocenters. The van der Waals surface area contributed by atoms with Crippen LogP contribution < -0.4 is 11.1 Å². The number of carboxylic acid groups (broad SMARTS) is 1. The van der Waals surface area contributed by atoms with Crippen LogP contribution >= 0.6 is 11.3 Å². The van der Waals surface area contributed by atoms with Crippen molar-refractivity contribution in [3.05, 3.63) is 10.6 Å². The van der Waals surface area contributed by atoms with Gasteiger partial charge in [-0.25, -0.2) is 4.98 Å². The monoisotopic (exact) mass is 295 g/mol. The van der Waals surface area contributed by atoms with Crippen LogP contribution in [-0.4, -0.2) is 22.5 Å². The van der Waals surface area contributed by atoms with Crippen molar-refractivity contribution >= 4 is 28.9 Å². The second-order valence-corrected chi connectivity index (χ2v) is 5.34. The Morgan fingerprint density at radius 1 is 1.75 bits per heavy atom. The molecule has 1 unspecified atom stereocenters. The van der Waals surface area contributed by atoms with E-state index < -0.39 is 0 Å². The standard InChI is InChI=1S/C11H15N5S.CH2O2/c12-6-2-4-7-3-1-5-8-9(7)15-11(17-8)16-10(13)14;2-1-3/h7H,1-5H2,(H4,13,14,15,16);1H,(H,2,3). The molecular formula is C12H17N5O2S. The van der Waals surface area contributed by atoms with Gasteiger partial charge in [-0.15, -0.1) is 11.3 Å². The first-order valence-electron chi connectivity index (χ1n) is 6.17. The van der Waals surface area contributed by atoms with E-state index in [1.165, 1.54) is 4.88 Å². The third kappa shape index (κ3) is 4.51. The molecule has 1 aliphatic carbocycles. The molecule has 0 aromatic carbocycles. The lowest BCUT2D eigenvalue weighted by atomic mass is 9.88. The number of hydrogen-bond acceptors (Lipinski definition) is 5. The van der Waals surface area contributed by atoms with E-state index in [0.29, 0.717) is 17.5 Å². The number of anilines is 1. The fourth-order valence-corrected chi connectivity index (χ4v) is 3.30. The summed E-state index contributed by atoms with van der Waals surface area (Å²) in [6.07, 6.45) is 4.78. The van der Waals surface area contributed by atoms with E-state index in [-0.39, 0.29) is 12.4 Å². The molecule has 108 valence electrons. The summed E-state index contributed by atoms with van der Waals surface area (Å²) < 4.78 is 0. The normalized spacial score (nSPS) is 16.1. The zero-order valence-electron chi connectivity index (χ0n) is 10.9. The maximum Gasteiger partial charge on any atom is 0.290 e. The number of carbonyl (C=O) groups is 1. The number of nitrogens with two attached hydrogens (primary N) is 1. The summed E-state index contributed by atoms with van der Waals surface area (Å²) >= 11 is 1.57. The molecule has 20 heavy (non-hydrogen) atoms. The molecule has 1 aromatic heterocycles. The van der Waals surface area contributed by atoms with Gasteiger partial charge in [0.15, 0.2) is 11.1 Å². The van der Waals surface area contributed by atoms with Crippen molar-refractivity contribution in [1.29, 1.82) is 10.7 Å². The van der Waals surface area contributed by atoms with Gasteiger partial charge in [-0.2, -0.15) is 5.26 Å². The molecule has 0 radical (unpaired) electrons. The fourth-order valence-electron chi connectivity index (χ4n) is 2.20. The summed E-state index contributed by atoms with van der Waals surface area (Å²) in [5, 5.41) is 26.2. The van der Waals surface area contributed by atoms with Crippen LogP contribution in [-0.2, 0) is 11.2 Å². The zero-order valence-corrected chi connectivity index (χ0v) is 11.7. The number of rotatable bonds is 3. The number of nitrogens with one attached hydrogen (secondary N) is 2. The predicted molar refractivity (Wildman–Crippen MR) is 76.9 cm³/mol.